The zero-order valence-corrected chi connectivity index (χ0v) is 21.1. The molecule has 0 amide bonds. The van der Waals surface area contributed by atoms with E-state index in [1.54, 1.807) is 0 Å². The smallest absolute Gasteiger partial charge is 0.0977 e. The zero-order valence-electron chi connectivity index (χ0n) is 20.2. The molecule has 5 aromatic heterocycles. The molecule has 0 aliphatic carbocycles. The molecular weight excluding hydrogens is 484 g/mol. The molecule has 178 valence electrons. The minimum Gasteiger partial charge on any atom is -0.308 e. The van der Waals surface area contributed by atoms with Gasteiger partial charge in [-0.05, 0) is 77.4 Å². The number of nitrogens with zero attached hydrogens (tertiary/aromatic N) is 4. The van der Waals surface area contributed by atoms with E-state index >= 15 is 0 Å². The Morgan fingerprint density at radius 1 is 0.579 bits per heavy atom. The van der Waals surface area contributed by atoms with Gasteiger partial charge in [0.15, 0.2) is 0 Å². The number of benzene rings is 3. The Morgan fingerprint density at radius 3 is 2.29 bits per heavy atom. The van der Waals surface area contributed by atoms with E-state index in [2.05, 4.69) is 93.4 Å². The molecule has 5 heteroatoms. The molecule has 0 unspecified atom stereocenters. The standard InChI is InChI=1S/C33H20N4S/c1-2-8-30-26(6-1)27-9-10-28-31(33(27)38-30)32-29(7-4-14-36-32)37(28)25-18-23(21-11-15-34-16-12-21)17-24(19-25)22-5-3-13-35-20-22/h1-20H. The summed E-state index contributed by atoms with van der Waals surface area (Å²) in [7, 11) is 0. The van der Waals surface area contributed by atoms with E-state index in [9.17, 15) is 0 Å². The van der Waals surface area contributed by atoms with Crippen molar-refractivity contribution in [2.24, 2.45) is 0 Å². The van der Waals surface area contributed by atoms with Crippen molar-refractivity contribution in [2.45, 2.75) is 0 Å². The lowest BCUT2D eigenvalue weighted by Gasteiger charge is -2.13. The van der Waals surface area contributed by atoms with Crippen LogP contribution in [0.1, 0.15) is 0 Å². The van der Waals surface area contributed by atoms with Crippen LogP contribution in [0.2, 0.25) is 0 Å². The minimum atomic E-state index is 1.02. The molecule has 3 aromatic carbocycles. The van der Waals surface area contributed by atoms with Gasteiger partial charge < -0.3 is 4.57 Å². The summed E-state index contributed by atoms with van der Waals surface area (Å²) in [5, 5.41) is 3.78. The first kappa shape index (κ1) is 21.2. The zero-order chi connectivity index (χ0) is 25.1. The Morgan fingerprint density at radius 2 is 1.42 bits per heavy atom. The second-order valence-corrected chi connectivity index (χ2v) is 10.4. The first-order valence-corrected chi connectivity index (χ1v) is 13.3. The number of thiophene rings is 1. The molecule has 0 saturated carbocycles. The normalized spacial score (nSPS) is 11.7. The van der Waals surface area contributed by atoms with E-state index < -0.39 is 0 Å². The van der Waals surface area contributed by atoms with Crippen molar-refractivity contribution >= 4 is 53.4 Å². The molecule has 38 heavy (non-hydrogen) atoms. The maximum Gasteiger partial charge on any atom is 0.0977 e. The molecule has 0 fully saturated rings. The Kier molecular flexibility index (Phi) is 4.66. The number of fused-ring (bicyclic) bond motifs is 7. The summed E-state index contributed by atoms with van der Waals surface area (Å²) in [6, 6.07) is 32.3. The minimum absolute atomic E-state index is 1.02. The van der Waals surface area contributed by atoms with E-state index in [1.165, 1.54) is 25.6 Å². The predicted molar refractivity (Wildman–Crippen MR) is 158 cm³/mol. The van der Waals surface area contributed by atoms with Crippen molar-refractivity contribution in [3.63, 3.8) is 0 Å². The van der Waals surface area contributed by atoms with E-state index in [4.69, 9.17) is 4.98 Å². The van der Waals surface area contributed by atoms with Gasteiger partial charge in [0.05, 0.1) is 16.6 Å². The average Bonchev–Trinajstić information content (AvgIpc) is 3.53. The van der Waals surface area contributed by atoms with Crippen LogP contribution in [-0.4, -0.2) is 19.5 Å². The predicted octanol–water partition coefficient (Wildman–Crippen LogP) is 8.67. The summed E-state index contributed by atoms with van der Waals surface area (Å²) < 4.78 is 4.93. The van der Waals surface area contributed by atoms with Crippen molar-refractivity contribution in [3.05, 3.63) is 122 Å². The highest BCUT2D eigenvalue weighted by Crippen LogP contribution is 2.43. The lowest BCUT2D eigenvalue weighted by atomic mass is 9.99. The first-order chi connectivity index (χ1) is 18.8. The molecule has 0 N–H and O–H groups in total. The van der Waals surface area contributed by atoms with Crippen LogP contribution in [-0.2, 0) is 0 Å². The first-order valence-electron chi connectivity index (χ1n) is 12.5. The fourth-order valence-corrected chi connectivity index (χ4v) is 6.77. The molecule has 0 radical (unpaired) electrons. The molecule has 0 atom stereocenters. The molecule has 0 bridgehead atoms. The summed E-state index contributed by atoms with van der Waals surface area (Å²) in [6.45, 7) is 0. The highest BCUT2D eigenvalue weighted by atomic mass is 32.1. The van der Waals surface area contributed by atoms with E-state index in [0.717, 1.165) is 44.5 Å². The maximum atomic E-state index is 4.90. The lowest BCUT2D eigenvalue weighted by Crippen LogP contribution is -1.96. The molecule has 0 saturated heterocycles. The van der Waals surface area contributed by atoms with Crippen molar-refractivity contribution < 1.29 is 0 Å². The largest absolute Gasteiger partial charge is 0.308 e. The van der Waals surface area contributed by atoms with Gasteiger partial charge in [0, 0.05) is 67.8 Å². The van der Waals surface area contributed by atoms with Crippen molar-refractivity contribution in [1.82, 2.24) is 19.5 Å². The monoisotopic (exact) mass is 504 g/mol. The van der Waals surface area contributed by atoms with Gasteiger partial charge in [-0.25, -0.2) is 0 Å². The SMILES string of the molecule is c1cncc(-c2cc(-c3ccncc3)cc(-n3c4cccnc4c4c5sc6ccccc6c5ccc43)c2)c1. The quantitative estimate of drug-likeness (QED) is 0.242. The fourth-order valence-electron chi connectivity index (χ4n) is 5.52. The van der Waals surface area contributed by atoms with Crippen LogP contribution in [0, 0.1) is 0 Å². The summed E-state index contributed by atoms with van der Waals surface area (Å²) >= 11 is 1.85. The molecule has 0 aliphatic heterocycles. The average molecular weight is 505 g/mol. The van der Waals surface area contributed by atoms with Crippen molar-refractivity contribution in [3.8, 4) is 27.9 Å². The molecule has 5 heterocycles. The molecule has 8 rings (SSSR count). The lowest BCUT2D eigenvalue weighted by molar-refractivity contribution is 1.18. The molecule has 4 nitrogen and oxygen atoms in total. The van der Waals surface area contributed by atoms with Crippen LogP contribution in [0.4, 0.5) is 0 Å². The number of rotatable bonds is 3. The third kappa shape index (κ3) is 3.19. The Bertz CT molecular complexity index is 2070. The van der Waals surface area contributed by atoms with Crippen LogP contribution in [0.15, 0.2) is 122 Å². The van der Waals surface area contributed by atoms with E-state index in [1.807, 2.05) is 54.5 Å². The highest BCUT2D eigenvalue weighted by molar-refractivity contribution is 7.26. The van der Waals surface area contributed by atoms with Gasteiger partial charge in [-0.1, -0.05) is 30.3 Å². The summed E-state index contributed by atoms with van der Waals surface area (Å²) in [6.07, 6.45) is 9.31. The summed E-state index contributed by atoms with van der Waals surface area (Å²) in [5.41, 5.74) is 8.81. The van der Waals surface area contributed by atoms with Gasteiger partial charge in [0.25, 0.3) is 0 Å². The molecule has 0 aliphatic rings. The van der Waals surface area contributed by atoms with E-state index in [0.29, 0.717) is 0 Å². The maximum absolute atomic E-state index is 4.90. The van der Waals surface area contributed by atoms with Crippen LogP contribution in [0.5, 0.6) is 0 Å². The summed E-state index contributed by atoms with van der Waals surface area (Å²) in [5.74, 6) is 0. The van der Waals surface area contributed by atoms with Crippen molar-refractivity contribution in [1.29, 1.82) is 0 Å². The van der Waals surface area contributed by atoms with Crippen LogP contribution in [0.25, 0.3) is 70.0 Å². The number of hydrogen-bond acceptors (Lipinski definition) is 4. The Labute approximate surface area is 222 Å². The molecule has 8 aromatic rings. The molecule has 0 spiro atoms. The van der Waals surface area contributed by atoms with Crippen LogP contribution >= 0.6 is 11.3 Å². The second kappa shape index (κ2) is 8.33. The topological polar surface area (TPSA) is 43.6 Å². The van der Waals surface area contributed by atoms with E-state index in [-0.39, 0.29) is 0 Å². The molecular formula is C33H20N4S. The fraction of sp³-hybridized carbons (Fsp3) is 0. The third-order valence-corrected chi connectivity index (χ3v) is 8.42. The van der Waals surface area contributed by atoms with Crippen LogP contribution < -0.4 is 0 Å². The summed E-state index contributed by atoms with van der Waals surface area (Å²) in [4.78, 5) is 13.5. The van der Waals surface area contributed by atoms with Gasteiger partial charge in [0.2, 0.25) is 0 Å². The van der Waals surface area contributed by atoms with Gasteiger partial charge in [0.1, 0.15) is 0 Å². The number of pyridine rings is 3. The second-order valence-electron chi connectivity index (χ2n) is 9.39. The number of aromatic nitrogens is 4. The Hall–Kier alpha value is -4.87. The van der Waals surface area contributed by atoms with Gasteiger partial charge in [-0.3, -0.25) is 15.0 Å². The van der Waals surface area contributed by atoms with Gasteiger partial charge in [-0.2, -0.15) is 0 Å². The third-order valence-electron chi connectivity index (χ3n) is 7.21. The van der Waals surface area contributed by atoms with Gasteiger partial charge >= 0.3 is 0 Å². The Balaban J connectivity index is 1.49. The van der Waals surface area contributed by atoms with Crippen LogP contribution in [0.3, 0.4) is 0 Å². The highest BCUT2D eigenvalue weighted by Gasteiger charge is 2.19. The van der Waals surface area contributed by atoms with Gasteiger partial charge in [-0.15, -0.1) is 11.3 Å². The number of hydrogen-bond donors (Lipinski definition) is 0. The van der Waals surface area contributed by atoms with Crippen molar-refractivity contribution in [2.75, 3.05) is 0 Å².